The number of hydrogen-bond acceptors (Lipinski definition) is 3. The number of carbonyl (C=O) groups is 1. The number of benzene rings is 1. The van der Waals surface area contributed by atoms with Crippen LogP contribution in [0.25, 0.3) is 6.08 Å². The molecule has 0 fully saturated rings. The average molecular weight is 383 g/mol. The minimum absolute atomic E-state index is 0.236. The van der Waals surface area contributed by atoms with Crippen LogP contribution in [-0.4, -0.2) is 13.0 Å². The lowest BCUT2D eigenvalue weighted by Crippen LogP contribution is -2.09. The number of halogens is 1. The van der Waals surface area contributed by atoms with Crippen molar-refractivity contribution in [2.24, 2.45) is 0 Å². The van der Waals surface area contributed by atoms with Crippen molar-refractivity contribution < 1.29 is 13.9 Å². The van der Waals surface area contributed by atoms with Crippen molar-refractivity contribution >= 4 is 40.3 Å². The number of hydrogen-bond donors (Lipinski definition) is 1. The molecule has 0 bridgehead atoms. The van der Waals surface area contributed by atoms with E-state index in [4.69, 9.17) is 9.15 Å². The van der Waals surface area contributed by atoms with Gasteiger partial charge in [-0.3, -0.25) is 4.79 Å². The van der Waals surface area contributed by atoms with Crippen molar-refractivity contribution in [3.63, 3.8) is 0 Å². The third-order valence-corrected chi connectivity index (χ3v) is 3.19. The summed E-state index contributed by atoms with van der Waals surface area (Å²) < 4.78 is 11.3. The van der Waals surface area contributed by atoms with E-state index < -0.39 is 0 Å². The summed E-state index contributed by atoms with van der Waals surface area (Å²) in [6.07, 6.45) is 3.05. The van der Waals surface area contributed by atoms with E-state index in [1.807, 2.05) is 31.2 Å². The molecule has 1 N–H and O–H groups in total. The molecule has 2 rings (SSSR count). The summed E-state index contributed by atoms with van der Waals surface area (Å²) in [6.45, 7) is 1.95. The fraction of sp³-hybridized carbons (Fsp3) is 0.133. The van der Waals surface area contributed by atoms with E-state index in [2.05, 4.69) is 27.9 Å². The number of rotatable bonds is 4. The molecule has 4 nitrogen and oxygen atoms in total. The third-order valence-electron chi connectivity index (χ3n) is 2.61. The molecule has 20 heavy (non-hydrogen) atoms. The maximum Gasteiger partial charge on any atom is 0.248 e. The van der Waals surface area contributed by atoms with Gasteiger partial charge in [-0.2, -0.15) is 0 Å². The summed E-state index contributed by atoms with van der Waals surface area (Å²) in [7, 11) is 1.57. The zero-order chi connectivity index (χ0) is 14.5. The summed E-state index contributed by atoms with van der Waals surface area (Å²) >= 11 is 2.07. The van der Waals surface area contributed by atoms with Gasteiger partial charge in [-0.1, -0.05) is 6.07 Å². The normalized spacial score (nSPS) is 10.8. The van der Waals surface area contributed by atoms with E-state index in [0.29, 0.717) is 17.2 Å². The third kappa shape index (κ3) is 3.86. The SMILES string of the molecule is COc1ccc(C)cc1NC(=O)C=Cc1ccc(I)o1. The second kappa shape index (κ2) is 6.60. The van der Waals surface area contributed by atoms with E-state index in [9.17, 15) is 4.79 Å². The first-order valence-electron chi connectivity index (χ1n) is 5.97. The van der Waals surface area contributed by atoms with Crippen LogP contribution in [-0.2, 0) is 4.79 Å². The Kier molecular flexibility index (Phi) is 4.84. The molecule has 0 radical (unpaired) electrons. The fourth-order valence-electron chi connectivity index (χ4n) is 1.67. The van der Waals surface area contributed by atoms with Crippen LogP contribution in [0.3, 0.4) is 0 Å². The molecule has 0 saturated heterocycles. The Morgan fingerprint density at radius 2 is 2.15 bits per heavy atom. The number of anilines is 1. The Balaban J connectivity index is 2.08. The number of carbonyl (C=O) groups excluding carboxylic acids is 1. The van der Waals surface area contributed by atoms with E-state index >= 15 is 0 Å². The molecule has 1 amide bonds. The highest BCUT2D eigenvalue weighted by Crippen LogP contribution is 2.25. The number of ether oxygens (including phenoxy) is 1. The molecule has 104 valence electrons. The van der Waals surface area contributed by atoms with Gasteiger partial charge in [-0.25, -0.2) is 0 Å². The minimum atomic E-state index is -0.236. The molecule has 5 heteroatoms. The van der Waals surface area contributed by atoms with E-state index in [0.717, 1.165) is 9.33 Å². The van der Waals surface area contributed by atoms with Crippen LogP contribution < -0.4 is 10.1 Å². The van der Waals surface area contributed by atoms with Crippen molar-refractivity contribution in [2.75, 3.05) is 12.4 Å². The lowest BCUT2D eigenvalue weighted by atomic mass is 10.2. The number of nitrogens with one attached hydrogen (secondary N) is 1. The molecule has 0 spiro atoms. The summed E-state index contributed by atoms with van der Waals surface area (Å²) in [5.74, 6) is 1.03. The molecular weight excluding hydrogens is 369 g/mol. The average Bonchev–Trinajstić information content (AvgIpc) is 2.83. The van der Waals surface area contributed by atoms with Crippen molar-refractivity contribution in [1.29, 1.82) is 0 Å². The molecular formula is C15H14INO3. The number of methoxy groups -OCH3 is 1. The van der Waals surface area contributed by atoms with Gasteiger partial charge < -0.3 is 14.5 Å². The van der Waals surface area contributed by atoms with E-state index in [1.54, 1.807) is 19.3 Å². The summed E-state index contributed by atoms with van der Waals surface area (Å²) in [6, 6.07) is 9.25. The quantitative estimate of drug-likeness (QED) is 0.645. The van der Waals surface area contributed by atoms with Gasteiger partial charge in [0, 0.05) is 6.08 Å². The predicted molar refractivity (Wildman–Crippen MR) is 86.8 cm³/mol. The van der Waals surface area contributed by atoms with Crippen molar-refractivity contribution in [3.05, 3.63) is 51.5 Å². The highest BCUT2D eigenvalue weighted by molar-refractivity contribution is 14.1. The van der Waals surface area contributed by atoms with Crippen molar-refractivity contribution in [2.45, 2.75) is 6.92 Å². The number of furan rings is 1. The second-order valence-electron chi connectivity index (χ2n) is 4.17. The molecule has 0 aliphatic carbocycles. The fourth-order valence-corrected chi connectivity index (χ4v) is 2.10. The van der Waals surface area contributed by atoms with Gasteiger partial charge in [0.25, 0.3) is 0 Å². The Labute approximate surface area is 131 Å². The van der Waals surface area contributed by atoms with Crippen LogP contribution in [0.4, 0.5) is 5.69 Å². The number of amides is 1. The molecule has 1 aromatic carbocycles. The van der Waals surface area contributed by atoms with Crippen LogP contribution >= 0.6 is 22.6 Å². The van der Waals surface area contributed by atoms with Crippen LogP contribution in [0.1, 0.15) is 11.3 Å². The largest absolute Gasteiger partial charge is 0.495 e. The van der Waals surface area contributed by atoms with Crippen LogP contribution in [0, 0.1) is 10.7 Å². The van der Waals surface area contributed by atoms with Crippen molar-refractivity contribution in [1.82, 2.24) is 0 Å². The van der Waals surface area contributed by atoms with Gasteiger partial charge in [0.1, 0.15) is 11.5 Å². The molecule has 1 aromatic heterocycles. The van der Waals surface area contributed by atoms with Crippen LogP contribution in [0.2, 0.25) is 0 Å². The molecule has 0 aliphatic rings. The summed E-state index contributed by atoms with van der Waals surface area (Å²) in [5, 5.41) is 2.79. The Bertz CT molecular complexity index is 646. The molecule has 1 heterocycles. The predicted octanol–water partition coefficient (Wildman–Crippen LogP) is 3.85. The highest BCUT2D eigenvalue weighted by atomic mass is 127. The molecule has 0 unspecified atom stereocenters. The standard InChI is InChI=1S/C15H14INO3/c1-10-3-6-13(19-2)12(9-10)17-15(18)8-5-11-4-7-14(16)20-11/h3-9H,1-2H3,(H,17,18). The highest BCUT2D eigenvalue weighted by Gasteiger charge is 2.05. The van der Waals surface area contributed by atoms with Gasteiger partial charge >= 0.3 is 0 Å². The maximum atomic E-state index is 11.9. The van der Waals surface area contributed by atoms with E-state index in [-0.39, 0.29) is 5.91 Å². The van der Waals surface area contributed by atoms with Crippen LogP contribution in [0.15, 0.2) is 40.8 Å². The Hall–Kier alpha value is -1.76. The lowest BCUT2D eigenvalue weighted by Gasteiger charge is -2.09. The zero-order valence-corrected chi connectivity index (χ0v) is 13.3. The molecule has 0 aliphatic heterocycles. The smallest absolute Gasteiger partial charge is 0.248 e. The lowest BCUT2D eigenvalue weighted by molar-refractivity contribution is -0.111. The molecule has 2 aromatic rings. The number of aryl methyl sites for hydroxylation is 1. The first-order valence-corrected chi connectivity index (χ1v) is 7.05. The van der Waals surface area contributed by atoms with Gasteiger partial charge in [0.05, 0.1) is 12.8 Å². The second-order valence-corrected chi connectivity index (χ2v) is 5.23. The first-order chi connectivity index (χ1) is 9.58. The summed E-state index contributed by atoms with van der Waals surface area (Å²) in [4.78, 5) is 11.9. The first kappa shape index (κ1) is 14.6. The van der Waals surface area contributed by atoms with E-state index in [1.165, 1.54) is 6.08 Å². The van der Waals surface area contributed by atoms with Crippen LogP contribution in [0.5, 0.6) is 5.75 Å². The van der Waals surface area contributed by atoms with Gasteiger partial charge in [0.2, 0.25) is 5.91 Å². The topological polar surface area (TPSA) is 51.5 Å². The minimum Gasteiger partial charge on any atom is -0.495 e. The van der Waals surface area contributed by atoms with Gasteiger partial charge in [-0.15, -0.1) is 0 Å². The van der Waals surface area contributed by atoms with Gasteiger partial charge in [-0.05, 0) is 65.4 Å². The molecule has 0 saturated carbocycles. The van der Waals surface area contributed by atoms with Gasteiger partial charge in [0.15, 0.2) is 3.77 Å². The maximum absolute atomic E-state index is 11.9. The van der Waals surface area contributed by atoms with Crippen molar-refractivity contribution in [3.8, 4) is 5.75 Å². The Morgan fingerprint density at radius 1 is 1.35 bits per heavy atom. The zero-order valence-electron chi connectivity index (χ0n) is 11.1. The summed E-state index contributed by atoms with van der Waals surface area (Å²) in [5.41, 5.74) is 1.70. The Morgan fingerprint density at radius 3 is 2.80 bits per heavy atom. The molecule has 0 atom stereocenters. The monoisotopic (exact) mass is 383 g/mol.